The monoisotopic (exact) mass is 343 g/mol. The second kappa shape index (κ2) is 5.07. The lowest BCUT2D eigenvalue weighted by Gasteiger charge is -2.27. The highest BCUT2D eigenvalue weighted by atomic mass is 16.2. The van der Waals surface area contributed by atoms with Crippen LogP contribution in [-0.2, 0) is 5.54 Å². The van der Waals surface area contributed by atoms with Gasteiger partial charge < -0.3 is 9.47 Å². The van der Waals surface area contributed by atoms with E-state index in [1.165, 1.54) is 5.56 Å². The minimum Gasteiger partial charge on any atom is -0.331 e. The third-order valence-electron chi connectivity index (χ3n) is 5.93. The Morgan fingerprint density at radius 3 is 2.62 bits per heavy atom. The molecule has 1 aromatic carbocycles. The number of aromatic nitrogens is 2. The van der Waals surface area contributed by atoms with E-state index in [0.717, 1.165) is 46.7 Å². The third kappa shape index (κ3) is 1.96. The van der Waals surface area contributed by atoms with Crippen molar-refractivity contribution in [2.45, 2.75) is 32.2 Å². The second-order valence-corrected chi connectivity index (χ2v) is 7.48. The number of aryl methyl sites for hydroxylation is 2. The van der Waals surface area contributed by atoms with Crippen molar-refractivity contribution in [2.24, 2.45) is 0 Å². The van der Waals surface area contributed by atoms with Crippen molar-refractivity contribution >= 4 is 5.91 Å². The largest absolute Gasteiger partial charge is 0.331 e. The van der Waals surface area contributed by atoms with E-state index >= 15 is 0 Å². The first kappa shape index (κ1) is 15.4. The second-order valence-electron chi connectivity index (χ2n) is 7.48. The molecule has 130 valence electrons. The fraction of sp³-hybridized carbons (Fsp3) is 0.273. The lowest BCUT2D eigenvalue weighted by Crippen LogP contribution is -2.36. The maximum absolute atomic E-state index is 13.0. The number of hydrogen-bond acceptors (Lipinski definition) is 2. The molecule has 3 heterocycles. The van der Waals surface area contributed by atoms with Crippen LogP contribution >= 0.6 is 0 Å². The summed E-state index contributed by atoms with van der Waals surface area (Å²) in [6.45, 7) is 4.06. The maximum Gasteiger partial charge on any atom is 0.271 e. The number of hydrogen-bond donors (Lipinski definition) is 0. The molecule has 0 N–H and O–H groups in total. The van der Waals surface area contributed by atoms with Gasteiger partial charge in [-0.3, -0.25) is 9.78 Å². The smallest absolute Gasteiger partial charge is 0.271 e. The number of carbonyl (C=O) groups is 1. The molecule has 1 amide bonds. The zero-order valence-corrected chi connectivity index (χ0v) is 15.3. The Morgan fingerprint density at radius 2 is 1.88 bits per heavy atom. The van der Waals surface area contributed by atoms with E-state index in [-0.39, 0.29) is 11.4 Å². The summed E-state index contributed by atoms with van der Waals surface area (Å²) in [5, 5.41) is 0. The molecule has 5 rings (SSSR count). The molecule has 3 aromatic rings. The Bertz CT molecular complexity index is 1060. The van der Waals surface area contributed by atoms with Crippen LogP contribution in [-0.4, -0.2) is 27.4 Å². The van der Waals surface area contributed by atoms with Crippen molar-refractivity contribution in [1.82, 2.24) is 14.5 Å². The van der Waals surface area contributed by atoms with Gasteiger partial charge in [-0.15, -0.1) is 0 Å². The number of fused-ring (bicyclic) bond motifs is 4. The fourth-order valence-corrected chi connectivity index (χ4v) is 4.32. The number of carbonyl (C=O) groups excluding carboxylic acids is 1. The molecule has 2 aromatic heterocycles. The molecule has 2 aliphatic rings. The van der Waals surface area contributed by atoms with Crippen molar-refractivity contribution in [2.75, 3.05) is 7.05 Å². The number of pyridine rings is 1. The molecule has 1 spiro atoms. The van der Waals surface area contributed by atoms with Crippen molar-refractivity contribution in [1.29, 1.82) is 0 Å². The summed E-state index contributed by atoms with van der Waals surface area (Å²) in [5.41, 5.74) is 7.27. The Labute approximate surface area is 153 Å². The maximum atomic E-state index is 13.0. The van der Waals surface area contributed by atoms with E-state index in [0.29, 0.717) is 0 Å². The summed E-state index contributed by atoms with van der Waals surface area (Å²) in [7, 11) is 1.93. The fourth-order valence-electron chi connectivity index (χ4n) is 4.32. The van der Waals surface area contributed by atoms with Crippen LogP contribution in [0.1, 0.15) is 40.3 Å². The van der Waals surface area contributed by atoms with Crippen molar-refractivity contribution in [3.05, 3.63) is 71.3 Å². The van der Waals surface area contributed by atoms with Crippen LogP contribution < -0.4 is 0 Å². The summed E-state index contributed by atoms with van der Waals surface area (Å²) in [6, 6.07) is 14.6. The van der Waals surface area contributed by atoms with Crippen LogP contribution in [0.15, 0.2) is 48.7 Å². The molecule has 26 heavy (non-hydrogen) atoms. The standard InChI is InChI=1S/C22H21N3O/c1-14-6-8-17(15(2)23-14)16-7-9-18-20(13-16)25-12-4-5-19(25)21(26)24(3)22(18)10-11-22/h4-9,12-13H,10-11H2,1-3H3. The average Bonchev–Trinajstić information content (AvgIpc) is 3.30. The van der Waals surface area contributed by atoms with Gasteiger partial charge in [0.15, 0.2) is 0 Å². The van der Waals surface area contributed by atoms with E-state index in [4.69, 9.17) is 0 Å². The lowest BCUT2D eigenvalue weighted by atomic mass is 9.96. The molecule has 4 heteroatoms. The van der Waals surface area contributed by atoms with Gasteiger partial charge >= 0.3 is 0 Å². The van der Waals surface area contributed by atoms with Crippen LogP contribution in [0, 0.1) is 13.8 Å². The van der Waals surface area contributed by atoms with Crippen LogP contribution in [0.2, 0.25) is 0 Å². The summed E-state index contributed by atoms with van der Waals surface area (Å²) >= 11 is 0. The molecule has 4 nitrogen and oxygen atoms in total. The van der Waals surface area contributed by atoms with E-state index in [1.54, 1.807) is 0 Å². The Balaban J connectivity index is 1.76. The van der Waals surface area contributed by atoms with Crippen molar-refractivity contribution in [3.63, 3.8) is 0 Å². The Kier molecular flexibility index (Phi) is 3.00. The van der Waals surface area contributed by atoms with Gasteiger partial charge in [0, 0.05) is 35.8 Å². The molecule has 0 radical (unpaired) electrons. The van der Waals surface area contributed by atoms with Gasteiger partial charge in [0.25, 0.3) is 5.91 Å². The molecule has 0 saturated heterocycles. The van der Waals surface area contributed by atoms with Gasteiger partial charge in [0.05, 0.1) is 11.2 Å². The molecule has 1 aliphatic carbocycles. The summed E-state index contributed by atoms with van der Waals surface area (Å²) in [5.74, 6) is 0.0958. The third-order valence-corrected chi connectivity index (χ3v) is 5.93. The summed E-state index contributed by atoms with van der Waals surface area (Å²) < 4.78 is 2.04. The molecular formula is C22H21N3O. The Morgan fingerprint density at radius 1 is 1.08 bits per heavy atom. The Hall–Kier alpha value is -2.88. The zero-order chi connectivity index (χ0) is 18.1. The number of rotatable bonds is 1. The first-order valence-electron chi connectivity index (χ1n) is 9.06. The summed E-state index contributed by atoms with van der Waals surface area (Å²) in [4.78, 5) is 19.5. The topological polar surface area (TPSA) is 38.1 Å². The van der Waals surface area contributed by atoms with Crippen LogP contribution in [0.4, 0.5) is 0 Å². The molecular weight excluding hydrogens is 322 g/mol. The molecule has 1 fully saturated rings. The van der Waals surface area contributed by atoms with Crippen LogP contribution in [0.5, 0.6) is 0 Å². The SMILES string of the molecule is Cc1ccc(-c2ccc3c(c2)-n2cccc2C(=O)N(C)C32CC2)c(C)n1. The molecule has 0 unspecified atom stereocenters. The predicted molar refractivity (Wildman–Crippen MR) is 101 cm³/mol. The first-order chi connectivity index (χ1) is 12.5. The van der Waals surface area contributed by atoms with Gasteiger partial charge in [-0.2, -0.15) is 0 Å². The molecule has 0 atom stereocenters. The molecule has 1 aliphatic heterocycles. The van der Waals surface area contributed by atoms with Gasteiger partial charge in [0.1, 0.15) is 5.69 Å². The van der Waals surface area contributed by atoms with Gasteiger partial charge in [-0.25, -0.2) is 0 Å². The lowest BCUT2D eigenvalue weighted by molar-refractivity contribution is 0.0705. The van der Waals surface area contributed by atoms with Gasteiger partial charge in [0.2, 0.25) is 0 Å². The number of amides is 1. The van der Waals surface area contributed by atoms with E-state index in [1.807, 2.05) is 41.8 Å². The van der Waals surface area contributed by atoms with E-state index in [9.17, 15) is 4.79 Å². The van der Waals surface area contributed by atoms with E-state index < -0.39 is 0 Å². The molecule has 1 saturated carbocycles. The highest BCUT2D eigenvalue weighted by molar-refractivity contribution is 5.95. The van der Waals surface area contributed by atoms with Crippen molar-refractivity contribution < 1.29 is 4.79 Å². The normalized spacial score (nSPS) is 17.0. The highest BCUT2D eigenvalue weighted by Gasteiger charge is 2.53. The number of benzene rings is 1. The highest BCUT2D eigenvalue weighted by Crippen LogP contribution is 2.54. The first-order valence-corrected chi connectivity index (χ1v) is 9.06. The van der Waals surface area contributed by atoms with Crippen LogP contribution in [0.25, 0.3) is 16.8 Å². The predicted octanol–water partition coefficient (Wildman–Crippen LogP) is 4.23. The van der Waals surface area contributed by atoms with Gasteiger partial charge in [-0.1, -0.05) is 18.2 Å². The molecule has 0 bridgehead atoms. The minimum atomic E-state index is -0.148. The summed E-state index contributed by atoms with van der Waals surface area (Å²) in [6.07, 6.45) is 4.04. The minimum absolute atomic E-state index is 0.0958. The zero-order valence-electron chi connectivity index (χ0n) is 15.3. The van der Waals surface area contributed by atoms with Crippen LogP contribution in [0.3, 0.4) is 0 Å². The van der Waals surface area contributed by atoms with Gasteiger partial charge in [-0.05, 0) is 56.5 Å². The van der Waals surface area contributed by atoms with E-state index in [2.05, 4.69) is 42.2 Å². The quantitative estimate of drug-likeness (QED) is 0.663. The average molecular weight is 343 g/mol. The number of nitrogens with zero attached hydrogens (tertiary/aromatic N) is 3. The van der Waals surface area contributed by atoms with Crippen molar-refractivity contribution in [3.8, 4) is 16.8 Å².